The van der Waals surface area contributed by atoms with E-state index in [1.54, 1.807) is 10.9 Å². The zero-order chi connectivity index (χ0) is 28.6. The van der Waals surface area contributed by atoms with Gasteiger partial charge >= 0.3 is 0 Å². The first-order valence-corrected chi connectivity index (χ1v) is 15.1. The zero-order valence-electron chi connectivity index (χ0n) is 23.8. The molecular formula is C32H33ClN4O5. The number of pyridine rings is 1. The van der Waals surface area contributed by atoms with E-state index < -0.39 is 24.0 Å². The highest BCUT2D eigenvalue weighted by molar-refractivity contribution is 6.31. The van der Waals surface area contributed by atoms with Gasteiger partial charge < -0.3 is 14.2 Å². The summed E-state index contributed by atoms with van der Waals surface area (Å²) in [7, 11) is 0. The Morgan fingerprint density at radius 3 is 2.71 bits per heavy atom. The van der Waals surface area contributed by atoms with Gasteiger partial charge in [0.25, 0.3) is 0 Å². The standard InChI is InChI=1S/C32H33ClN4O5/c1-18-4-11-25-19(2)29(39-30-32(25)24(18)12-14-31(3,40-30)41-42-32)38-22-8-5-20(6-9-22)27-17-37(36-35-27)28-13-15-34-26-16-21(33)7-10-23(26)28/h5-10,13,15-19,24-25,29-30H,4,11-12,14H2,1-3H3/t18-,19-,24+,25+,29+,30-,31?,32-/m1/s1. The number of rotatable bonds is 4. The second-order valence-electron chi connectivity index (χ2n) is 12.5. The van der Waals surface area contributed by atoms with Gasteiger partial charge in [-0.3, -0.25) is 4.98 Å². The third-order valence-electron chi connectivity index (χ3n) is 9.92. The largest absolute Gasteiger partial charge is 0.465 e. The van der Waals surface area contributed by atoms with E-state index >= 15 is 0 Å². The number of benzene rings is 2. The molecule has 5 fully saturated rings. The molecule has 42 heavy (non-hydrogen) atoms. The number of nitrogens with zero attached hydrogens (tertiary/aromatic N) is 4. The summed E-state index contributed by atoms with van der Waals surface area (Å²) in [5.41, 5.74) is 2.76. The molecule has 218 valence electrons. The molecule has 0 N–H and O–H groups in total. The molecule has 5 aliphatic rings. The van der Waals surface area contributed by atoms with Crippen LogP contribution in [0.4, 0.5) is 0 Å². The molecule has 1 spiro atoms. The SMILES string of the molecule is C[C@H]1[C@@H](Oc2ccc(-c3cn(-c4ccnc5cc(Cl)ccc45)nn3)cc2)O[C@@H]2OC3(C)CC[C@H]4[C@H](C)CC[C@@H]1[C@@]24OO3. The van der Waals surface area contributed by atoms with Crippen LogP contribution in [0.5, 0.6) is 5.75 Å². The van der Waals surface area contributed by atoms with E-state index in [1.165, 1.54) is 0 Å². The minimum absolute atomic E-state index is 0.0931. The predicted molar refractivity (Wildman–Crippen MR) is 155 cm³/mol. The fraction of sp³-hybridized carbons (Fsp3) is 0.469. The molecule has 9 rings (SSSR count). The summed E-state index contributed by atoms with van der Waals surface area (Å²) in [6.07, 6.45) is 6.62. The van der Waals surface area contributed by atoms with E-state index in [2.05, 4.69) is 29.1 Å². The lowest BCUT2D eigenvalue weighted by Gasteiger charge is -2.60. The average molecular weight is 589 g/mol. The minimum atomic E-state index is -0.808. The average Bonchev–Trinajstić information content (AvgIpc) is 3.37. The number of halogens is 1. The lowest BCUT2D eigenvalue weighted by atomic mass is 9.58. The highest BCUT2D eigenvalue weighted by atomic mass is 35.5. The fourth-order valence-electron chi connectivity index (χ4n) is 7.66. The van der Waals surface area contributed by atoms with Crippen LogP contribution in [0.3, 0.4) is 0 Å². The maximum atomic E-state index is 6.58. The van der Waals surface area contributed by atoms with Gasteiger partial charge in [0.2, 0.25) is 12.1 Å². The summed E-state index contributed by atoms with van der Waals surface area (Å²) in [5.74, 6) is 1.06. The Kier molecular flexibility index (Phi) is 6.14. The molecule has 4 saturated heterocycles. The van der Waals surface area contributed by atoms with Crippen LogP contribution in [0.1, 0.15) is 46.5 Å². The summed E-state index contributed by atoms with van der Waals surface area (Å²) in [5, 5.41) is 10.4. The molecule has 2 aromatic carbocycles. The van der Waals surface area contributed by atoms with Crippen LogP contribution in [0.2, 0.25) is 5.02 Å². The first kappa shape index (κ1) is 26.5. The van der Waals surface area contributed by atoms with Gasteiger partial charge in [-0.05, 0) is 86.6 Å². The quantitative estimate of drug-likeness (QED) is 0.243. The van der Waals surface area contributed by atoms with Crippen molar-refractivity contribution in [2.24, 2.45) is 23.7 Å². The fourth-order valence-corrected chi connectivity index (χ4v) is 7.83. The number of fused-ring (bicyclic) bond motifs is 3. The van der Waals surface area contributed by atoms with Crippen molar-refractivity contribution in [1.82, 2.24) is 20.0 Å². The lowest BCUT2D eigenvalue weighted by molar-refractivity contribution is -0.575. The van der Waals surface area contributed by atoms with Gasteiger partial charge in [0.15, 0.2) is 11.9 Å². The van der Waals surface area contributed by atoms with Crippen molar-refractivity contribution in [1.29, 1.82) is 0 Å². The van der Waals surface area contributed by atoms with Crippen molar-refractivity contribution < 1.29 is 24.0 Å². The molecule has 0 amide bonds. The third-order valence-corrected chi connectivity index (χ3v) is 10.2. The summed E-state index contributed by atoms with van der Waals surface area (Å²) < 4.78 is 21.3. The molecule has 8 atom stereocenters. The van der Waals surface area contributed by atoms with E-state index in [0.29, 0.717) is 16.9 Å². The molecule has 10 heteroatoms. The molecule has 1 saturated carbocycles. The second-order valence-corrected chi connectivity index (χ2v) is 12.9. The Morgan fingerprint density at radius 2 is 1.86 bits per heavy atom. The van der Waals surface area contributed by atoms with Gasteiger partial charge in [0, 0.05) is 40.4 Å². The lowest BCUT2D eigenvalue weighted by Crippen LogP contribution is -2.70. The maximum absolute atomic E-state index is 6.58. The van der Waals surface area contributed by atoms with E-state index in [-0.39, 0.29) is 11.8 Å². The van der Waals surface area contributed by atoms with Crippen LogP contribution in [-0.4, -0.2) is 43.9 Å². The van der Waals surface area contributed by atoms with Crippen molar-refractivity contribution in [3.05, 3.63) is 65.9 Å². The van der Waals surface area contributed by atoms with Crippen LogP contribution in [-0.2, 0) is 19.2 Å². The highest BCUT2D eigenvalue weighted by Crippen LogP contribution is 2.60. The third kappa shape index (κ3) is 4.09. The van der Waals surface area contributed by atoms with Gasteiger partial charge in [-0.15, -0.1) is 5.10 Å². The van der Waals surface area contributed by atoms with Crippen molar-refractivity contribution in [3.63, 3.8) is 0 Å². The molecule has 1 unspecified atom stereocenters. The Hall–Kier alpha value is -3.08. The predicted octanol–water partition coefficient (Wildman–Crippen LogP) is 6.72. The second kappa shape index (κ2) is 9.72. The number of ether oxygens (including phenoxy) is 3. The monoisotopic (exact) mass is 588 g/mol. The summed E-state index contributed by atoms with van der Waals surface area (Å²) in [4.78, 5) is 16.6. The Balaban J connectivity index is 1.03. The molecule has 6 heterocycles. The van der Waals surface area contributed by atoms with Gasteiger partial charge in [0.1, 0.15) is 11.4 Å². The van der Waals surface area contributed by atoms with Crippen LogP contribution >= 0.6 is 11.6 Å². The molecule has 2 bridgehead atoms. The summed E-state index contributed by atoms with van der Waals surface area (Å²) in [6.45, 7) is 6.45. The molecule has 1 aliphatic carbocycles. The molecule has 4 aromatic rings. The van der Waals surface area contributed by atoms with Crippen molar-refractivity contribution in [2.45, 2.75) is 70.4 Å². The maximum Gasteiger partial charge on any atom is 0.205 e. The number of hydrogen-bond donors (Lipinski definition) is 0. The first-order chi connectivity index (χ1) is 20.3. The highest BCUT2D eigenvalue weighted by Gasteiger charge is 2.69. The summed E-state index contributed by atoms with van der Waals surface area (Å²) >= 11 is 6.16. The number of aromatic nitrogens is 4. The molecular weight excluding hydrogens is 556 g/mol. The van der Waals surface area contributed by atoms with E-state index in [1.807, 2.05) is 61.7 Å². The van der Waals surface area contributed by atoms with Crippen molar-refractivity contribution in [2.75, 3.05) is 0 Å². The number of hydrogen-bond acceptors (Lipinski definition) is 8. The van der Waals surface area contributed by atoms with Gasteiger partial charge in [-0.2, -0.15) is 0 Å². The van der Waals surface area contributed by atoms with Gasteiger partial charge in [0.05, 0.1) is 17.4 Å². The van der Waals surface area contributed by atoms with E-state index in [4.69, 9.17) is 35.6 Å². The Bertz CT molecular complexity index is 1650. The van der Waals surface area contributed by atoms with Crippen LogP contribution in [0, 0.1) is 23.7 Å². The molecule has 0 radical (unpaired) electrons. The van der Waals surface area contributed by atoms with E-state index in [0.717, 1.165) is 59.3 Å². The summed E-state index contributed by atoms with van der Waals surface area (Å²) in [6, 6.07) is 15.4. The Labute approximate surface area is 248 Å². The topological polar surface area (TPSA) is 89.8 Å². The van der Waals surface area contributed by atoms with Crippen molar-refractivity contribution >= 4 is 22.5 Å². The Morgan fingerprint density at radius 1 is 1.00 bits per heavy atom. The molecule has 4 aliphatic heterocycles. The van der Waals surface area contributed by atoms with Gasteiger partial charge in [-0.25, -0.2) is 14.5 Å². The normalized spacial score (nSPS) is 35.5. The smallest absolute Gasteiger partial charge is 0.205 e. The van der Waals surface area contributed by atoms with Gasteiger partial charge in [-0.1, -0.05) is 30.7 Å². The molecule has 2 aromatic heterocycles. The zero-order valence-corrected chi connectivity index (χ0v) is 24.5. The molecule has 9 nitrogen and oxygen atoms in total. The van der Waals surface area contributed by atoms with Crippen LogP contribution < -0.4 is 4.74 Å². The van der Waals surface area contributed by atoms with E-state index in [9.17, 15) is 0 Å². The first-order valence-electron chi connectivity index (χ1n) is 14.8. The minimum Gasteiger partial charge on any atom is -0.465 e. The van der Waals surface area contributed by atoms with Crippen LogP contribution in [0.15, 0.2) is 60.9 Å². The van der Waals surface area contributed by atoms with Crippen LogP contribution in [0.25, 0.3) is 27.8 Å². The van der Waals surface area contributed by atoms with Crippen molar-refractivity contribution in [3.8, 4) is 22.7 Å².